The molecule has 4 nitrogen and oxygen atoms in total. The van der Waals surface area contributed by atoms with E-state index in [-0.39, 0.29) is 22.5 Å². The van der Waals surface area contributed by atoms with Crippen LogP contribution >= 0.6 is 68.8 Å². The molecule has 0 saturated carbocycles. The van der Waals surface area contributed by atoms with Gasteiger partial charge < -0.3 is 0 Å². The van der Waals surface area contributed by atoms with E-state index in [1.807, 2.05) is 35.7 Å². The van der Waals surface area contributed by atoms with E-state index in [1.165, 1.54) is 424 Å². The van der Waals surface area contributed by atoms with Crippen molar-refractivity contribution in [1.82, 2.24) is 17.5 Å². The van der Waals surface area contributed by atoms with Gasteiger partial charge in [-0.2, -0.15) is 17.5 Å². The minimum atomic E-state index is -0.247. The zero-order valence-corrected chi connectivity index (χ0v) is 73.8. The predicted molar refractivity (Wildman–Crippen MR) is 478 cm³/mol. The Labute approximate surface area is 681 Å². The average Bonchev–Trinajstić information content (AvgIpc) is 1.55. The van der Waals surface area contributed by atoms with E-state index in [4.69, 9.17) is 13.1 Å². The van der Waals surface area contributed by atoms with Crippen LogP contribution in [0.1, 0.15) is 446 Å². The number of hydrogen-bond donors (Lipinski definition) is 0. The van der Waals surface area contributed by atoms with Gasteiger partial charge in [-0.25, -0.2) is 8.78 Å². The summed E-state index contributed by atoms with van der Waals surface area (Å²) < 4.78 is 54.2. The van der Waals surface area contributed by atoms with E-state index in [9.17, 15) is 0 Å². The van der Waals surface area contributed by atoms with Crippen LogP contribution in [0.2, 0.25) is 0 Å². The number of hydrogen-bond acceptors (Lipinski definition) is 10. The SMILES string of the molecule is CCCCCCCCCCCCCCCCC1(CCCCCCCCCCCCCCCC)c2cc(C)sc2-c2sc(-c3cc(F)c(-c4cc5c(s4)-c4sc(-c6cc(F)c(C)c7nsnc67)cc4C5(CCCCCCCCCCCCCCCC)CCCCCCCCCCCCCCCC)c4nsnc34)cc21. The van der Waals surface area contributed by atoms with Gasteiger partial charge in [-0.15, -0.1) is 45.3 Å². The van der Waals surface area contributed by atoms with Gasteiger partial charge in [0.05, 0.1) is 29.0 Å². The molecule has 0 atom stereocenters. The van der Waals surface area contributed by atoms with Crippen LogP contribution in [0.4, 0.5) is 8.78 Å². The Bertz CT molecular complexity index is 3750. The second kappa shape index (κ2) is 48.2. The van der Waals surface area contributed by atoms with Crippen molar-refractivity contribution in [2.24, 2.45) is 0 Å². The Hall–Kier alpha value is -3.26. The van der Waals surface area contributed by atoms with Crippen molar-refractivity contribution in [3.63, 3.8) is 0 Å². The van der Waals surface area contributed by atoms with Gasteiger partial charge in [-0.3, -0.25) is 0 Å². The summed E-state index contributed by atoms with van der Waals surface area (Å²) in [5.41, 5.74) is 11.4. The van der Waals surface area contributed by atoms with E-state index in [1.54, 1.807) is 34.3 Å². The van der Waals surface area contributed by atoms with Gasteiger partial charge in [0.1, 0.15) is 33.7 Å². The minimum absolute atomic E-state index is 0.0308. The van der Waals surface area contributed by atoms with Crippen LogP contribution in [-0.2, 0) is 10.8 Å². The summed E-state index contributed by atoms with van der Waals surface area (Å²) >= 11 is 9.86. The highest BCUT2D eigenvalue weighted by molar-refractivity contribution is 7.26. The van der Waals surface area contributed by atoms with Crippen molar-refractivity contribution in [2.45, 2.75) is 438 Å². The Morgan fingerprint density at radius 3 is 0.824 bits per heavy atom. The van der Waals surface area contributed by atoms with Crippen LogP contribution in [0.15, 0.2) is 36.4 Å². The van der Waals surface area contributed by atoms with Crippen LogP contribution in [0, 0.1) is 25.5 Å². The molecule has 2 aromatic carbocycles. The monoisotopic (exact) mass is 1580 g/mol. The van der Waals surface area contributed by atoms with Gasteiger partial charge in [0.15, 0.2) is 0 Å². The number of benzene rings is 2. The van der Waals surface area contributed by atoms with E-state index in [0.717, 1.165) is 62.5 Å². The molecule has 0 aliphatic heterocycles. The van der Waals surface area contributed by atoms with Crippen LogP contribution < -0.4 is 0 Å². The molecular weight excluding hydrogens is 1440 g/mol. The van der Waals surface area contributed by atoms with Crippen LogP contribution in [0.3, 0.4) is 0 Å². The number of rotatable bonds is 63. The van der Waals surface area contributed by atoms with Gasteiger partial charge in [0.25, 0.3) is 0 Å². The minimum Gasteiger partial charge on any atom is -0.207 e. The molecule has 12 heteroatoms. The van der Waals surface area contributed by atoms with Gasteiger partial charge in [-0.05, 0) is 98.2 Å². The van der Waals surface area contributed by atoms with Crippen LogP contribution in [-0.4, -0.2) is 17.5 Å². The normalized spacial score (nSPS) is 13.5. The first-order valence-corrected chi connectivity index (χ1v) is 50.3. The highest BCUT2D eigenvalue weighted by atomic mass is 32.1. The van der Waals surface area contributed by atoms with Gasteiger partial charge in [0.2, 0.25) is 0 Å². The molecule has 0 fully saturated rings. The van der Waals surface area contributed by atoms with Gasteiger partial charge in [0, 0.05) is 66.5 Å². The summed E-state index contributed by atoms with van der Waals surface area (Å²) in [4.78, 5) is 9.97. The Balaban J connectivity index is 0.902. The third-order valence-corrected chi connectivity index (χ3v) is 31.3. The fourth-order valence-corrected chi connectivity index (χ4v) is 25.3. The lowest BCUT2D eigenvalue weighted by molar-refractivity contribution is 0.397. The molecule has 2 aliphatic rings. The molecule has 0 unspecified atom stereocenters. The molecule has 0 bridgehead atoms. The maximum absolute atomic E-state index is 18.3. The molecule has 108 heavy (non-hydrogen) atoms. The molecule has 598 valence electrons. The topological polar surface area (TPSA) is 51.6 Å². The highest BCUT2D eigenvalue weighted by Gasteiger charge is 2.48. The maximum Gasteiger partial charge on any atom is 0.134 e. The number of aryl methyl sites for hydroxylation is 2. The summed E-state index contributed by atoms with van der Waals surface area (Å²) in [6, 6.07) is 13.5. The molecule has 0 radical (unpaired) electrons. The summed E-state index contributed by atoms with van der Waals surface area (Å²) in [6.07, 6.45) is 80.2. The second-order valence-corrected chi connectivity index (χ2v) is 39.4. The number of halogens is 2. The molecule has 0 spiro atoms. The summed E-state index contributed by atoms with van der Waals surface area (Å²) in [5.74, 6) is -0.431. The summed E-state index contributed by atoms with van der Waals surface area (Å²) in [6.45, 7) is 13.4. The van der Waals surface area contributed by atoms with Crippen LogP contribution in [0.5, 0.6) is 0 Å². The largest absolute Gasteiger partial charge is 0.207 e. The standard InChI is InChI=1S/C96H144F2N4S6/c1-7-11-15-19-23-27-31-35-39-43-47-51-55-59-63-95(64-60-56-52-48-44-40-36-32-28-24-20-16-12-8-2)77-67-73(5)103-91(77)92-78(95)70-84(104-92)76-69-82(98)86(90-89(76)101-108-102-90)85-72-80-94(106-85)93-79(71-83(105-93)75-68-81(97)74(6)87-88(75)100-107-99-87)96(80,65-61-57-53-49-45-41-37-33-29-25-21-17-13-9-3)66-62-58-54-50-46-42-38-34-30-26-22-18-14-10-4/h67-72H,7-66H2,1-6H3. The first kappa shape index (κ1) is 87.1. The Morgan fingerprint density at radius 1 is 0.259 bits per heavy atom. The molecular formula is C96H144F2N4S6. The maximum atomic E-state index is 18.3. The molecule has 0 saturated heterocycles. The van der Waals surface area contributed by atoms with Crippen molar-refractivity contribution in [2.75, 3.05) is 0 Å². The third kappa shape index (κ3) is 24.4. The lowest BCUT2D eigenvalue weighted by Gasteiger charge is -2.31. The molecule has 0 N–H and O–H groups in total. The van der Waals surface area contributed by atoms with Gasteiger partial charge >= 0.3 is 0 Å². The molecule has 6 heterocycles. The average molecular weight is 1580 g/mol. The number of fused-ring (bicyclic) bond motifs is 8. The molecule has 6 aromatic heterocycles. The zero-order valence-electron chi connectivity index (χ0n) is 68.9. The van der Waals surface area contributed by atoms with Crippen molar-refractivity contribution >= 4 is 90.9 Å². The number of aromatic nitrogens is 4. The number of unbranched alkanes of at least 4 members (excludes halogenated alkanes) is 52. The molecule has 10 rings (SSSR count). The van der Waals surface area contributed by atoms with Crippen molar-refractivity contribution in [1.29, 1.82) is 0 Å². The predicted octanol–water partition coefficient (Wildman–Crippen LogP) is 35.9. The van der Waals surface area contributed by atoms with Crippen molar-refractivity contribution in [3.05, 3.63) is 80.7 Å². The Kier molecular flexibility index (Phi) is 38.9. The third-order valence-electron chi connectivity index (χ3n) is 25.4. The van der Waals surface area contributed by atoms with E-state index < -0.39 is 0 Å². The molecule has 2 aliphatic carbocycles. The van der Waals surface area contributed by atoms with E-state index >= 15 is 8.78 Å². The lowest BCUT2D eigenvalue weighted by atomic mass is 9.71. The number of thiophene rings is 4. The fourth-order valence-electron chi connectivity index (χ4n) is 18.8. The quantitative estimate of drug-likeness (QED) is 0.0357. The summed E-state index contributed by atoms with van der Waals surface area (Å²) in [7, 11) is 0. The summed E-state index contributed by atoms with van der Waals surface area (Å²) in [5, 5.41) is 0. The van der Waals surface area contributed by atoms with Crippen LogP contribution in [0.25, 0.3) is 72.9 Å². The van der Waals surface area contributed by atoms with E-state index in [2.05, 4.69) is 63.3 Å². The molecule has 0 amide bonds. The Morgan fingerprint density at radius 2 is 0.500 bits per heavy atom. The second-order valence-electron chi connectivity index (χ2n) is 33.9. The lowest BCUT2D eigenvalue weighted by Crippen LogP contribution is -2.25. The van der Waals surface area contributed by atoms with Crippen molar-refractivity contribution in [3.8, 4) is 50.8 Å². The van der Waals surface area contributed by atoms with E-state index in [0.29, 0.717) is 22.2 Å². The fraction of sp³-hybridized carbons (Fsp3) is 0.708. The molecule has 8 aromatic rings. The van der Waals surface area contributed by atoms with Crippen molar-refractivity contribution < 1.29 is 8.78 Å². The zero-order chi connectivity index (χ0) is 75.4. The number of nitrogens with zero attached hydrogens (tertiary/aromatic N) is 4. The first-order chi connectivity index (χ1) is 53.2. The highest BCUT2D eigenvalue weighted by Crippen LogP contribution is 2.64. The smallest absolute Gasteiger partial charge is 0.134 e. The van der Waals surface area contributed by atoms with Gasteiger partial charge in [-0.1, -0.05) is 387 Å². The first-order valence-electron chi connectivity index (χ1n) is 45.6.